The van der Waals surface area contributed by atoms with Crippen LogP contribution in [0.2, 0.25) is 0 Å². The van der Waals surface area contributed by atoms with Crippen LogP contribution in [0.4, 0.5) is 0 Å². The van der Waals surface area contributed by atoms with Gasteiger partial charge in [-0.25, -0.2) is 0 Å². The minimum atomic E-state index is 0.441. The smallest absolute Gasteiger partial charge is 0.119 e. The van der Waals surface area contributed by atoms with Gasteiger partial charge < -0.3 is 10.1 Å². The molecule has 120 valence electrons. The molecule has 0 radical (unpaired) electrons. The molecule has 1 rings (SSSR count). The second kappa shape index (κ2) is 10.7. The summed E-state index contributed by atoms with van der Waals surface area (Å²) in [7, 11) is 0. The molecule has 2 unspecified atom stereocenters. The van der Waals surface area contributed by atoms with Gasteiger partial charge in [-0.2, -0.15) is 0 Å². The standard InChI is InChI=1S/C19H33NO/c1-5-9-16(4)14-19(20-12-6-2)17-10-8-11-18(15-17)21-13-7-3/h8,10-11,15-16,19-20H,5-7,9,12-14H2,1-4H3. The Kier molecular flexibility index (Phi) is 9.16. The molecule has 2 heteroatoms. The maximum atomic E-state index is 5.78. The minimum Gasteiger partial charge on any atom is -0.494 e. The zero-order valence-corrected chi connectivity index (χ0v) is 14.3. The molecule has 1 aromatic carbocycles. The summed E-state index contributed by atoms with van der Waals surface area (Å²) in [5.74, 6) is 1.75. The van der Waals surface area contributed by atoms with Gasteiger partial charge in [-0.15, -0.1) is 0 Å². The summed E-state index contributed by atoms with van der Waals surface area (Å²) in [6.45, 7) is 10.9. The van der Waals surface area contributed by atoms with Crippen molar-refractivity contribution >= 4 is 0 Å². The summed E-state index contributed by atoms with van der Waals surface area (Å²) < 4.78 is 5.78. The van der Waals surface area contributed by atoms with Crippen LogP contribution >= 0.6 is 0 Å². The van der Waals surface area contributed by atoms with Crippen LogP contribution in [0.3, 0.4) is 0 Å². The lowest BCUT2D eigenvalue weighted by Gasteiger charge is -2.23. The molecule has 0 saturated carbocycles. The molecule has 1 aromatic rings. The molecule has 0 aliphatic rings. The summed E-state index contributed by atoms with van der Waals surface area (Å²) in [5.41, 5.74) is 1.36. The molecule has 0 amide bonds. The van der Waals surface area contributed by atoms with Gasteiger partial charge in [0.25, 0.3) is 0 Å². The monoisotopic (exact) mass is 291 g/mol. The lowest BCUT2D eigenvalue weighted by molar-refractivity contribution is 0.316. The van der Waals surface area contributed by atoms with E-state index < -0.39 is 0 Å². The first-order valence-corrected chi connectivity index (χ1v) is 8.67. The normalized spacial score (nSPS) is 13.9. The third-order valence-corrected chi connectivity index (χ3v) is 3.79. The fourth-order valence-electron chi connectivity index (χ4n) is 2.71. The number of rotatable bonds is 11. The molecule has 0 saturated heterocycles. The number of nitrogens with one attached hydrogen (secondary N) is 1. The molecule has 0 spiro atoms. The van der Waals surface area contributed by atoms with Crippen molar-refractivity contribution in [2.75, 3.05) is 13.2 Å². The van der Waals surface area contributed by atoms with Gasteiger partial charge >= 0.3 is 0 Å². The molecule has 21 heavy (non-hydrogen) atoms. The van der Waals surface area contributed by atoms with Crippen molar-refractivity contribution in [2.24, 2.45) is 5.92 Å². The van der Waals surface area contributed by atoms with Crippen molar-refractivity contribution in [3.8, 4) is 5.75 Å². The Morgan fingerprint density at radius 1 is 1.10 bits per heavy atom. The fourth-order valence-corrected chi connectivity index (χ4v) is 2.71. The predicted octanol–water partition coefficient (Wildman–Crippen LogP) is 5.34. The van der Waals surface area contributed by atoms with E-state index in [-0.39, 0.29) is 0 Å². The second-order valence-electron chi connectivity index (χ2n) is 6.06. The third-order valence-electron chi connectivity index (χ3n) is 3.79. The van der Waals surface area contributed by atoms with E-state index in [1.165, 1.54) is 31.2 Å². The molecule has 0 bridgehead atoms. The van der Waals surface area contributed by atoms with Gasteiger partial charge in [0, 0.05) is 6.04 Å². The van der Waals surface area contributed by atoms with Crippen LogP contribution < -0.4 is 10.1 Å². The van der Waals surface area contributed by atoms with Gasteiger partial charge in [-0.1, -0.05) is 52.7 Å². The highest BCUT2D eigenvalue weighted by atomic mass is 16.5. The summed E-state index contributed by atoms with van der Waals surface area (Å²) in [4.78, 5) is 0. The Bertz CT molecular complexity index is 378. The summed E-state index contributed by atoms with van der Waals surface area (Å²) in [6.07, 6.45) is 5.99. The van der Waals surface area contributed by atoms with Crippen LogP contribution in [0.5, 0.6) is 5.75 Å². The average Bonchev–Trinajstić information content (AvgIpc) is 2.50. The molecular formula is C19H33NO. The van der Waals surface area contributed by atoms with E-state index in [9.17, 15) is 0 Å². The van der Waals surface area contributed by atoms with Crippen LogP contribution in [0.25, 0.3) is 0 Å². The second-order valence-corrected chi connectivity index (χ2v) is 6.06. The minimum absolute atomic E-state index is 0.441. The predicted molar refractivity (Wildman–Crippen MR) is 92.0 cm³/mol. The highest BCUT2D eigenvalue weighted by molar-refractivity contribution is 5.30. The third kappa shape index (κ3) is 6.99. The van der Waals surface area contributed by atoms with Gasteiger partial charge in [-0.3, -0.25) is 0 Å². The molecule has 0 fully saturated rings. The van der Waals surface area contributed by atoms with Gasteiger partial charge in [0.2, 0.25) is 0 Å². The Labute approximate surface area is 131 Å². The van der Waals surface area contributed by atoms with Gasteiger partial charge in [0.15, 0.2) is 0 Å². The molecular weight excluding hydrogens is 258 g/mol. The van der Waals surface area contributed by atoms with E-state index in [4.69, 9.17) is 4.74 Å². The van der Waals surface area contributed by atoms with Crippen LogP contribution in [0, 0.1) is 5.92 Å². The topological polar surface area (TPSA) is 21.3 Å². The molecule has 0 heterocycles. The van der Waals surface area contributed by atoms with Crippen molar-refractivity contribution in [1.29, 1.82) is 0 Å². The maximum absolute atomic E-state index is 5.78. The summed E-state index contributed by atoms with van der Waals surface area (Å²) in [5, 5.41) is 3.70. The van der Waals surface area contributed by atoms with Crippen LogP contribution in [0.15, 0.2) is 24.3 Å². The molecule has 0 aliphatic carbocycles. The quantitative estimate of drug-likeness (QED) is 0.594. The Morgan fingerprint density at radius 3 is 2.57 bits per heavy atom. The van der Waals surface area contributed by atoms with Gasteiger partial charge in [0.1, 0.15) is 5.75 Å². The van der Waals surface area contributed by atoms with Crippen molar-refractivity contribution in [3.05, 3.63) is 29.8 Å². The Balaban J connectivity index is 2.75. The van der Waals surface area contributed by atoms with Crippen LogP contribution in [-0.2, 0) is 0 Å². The van der Waals surface area contributed by atoms with E-state index in [0.717, 1.165) is 31.2 Å². The van der Waals surface area contributed by atoms with Crippen molar-refractivity contribution in [2.45, 2.75) is 65.8 Å². The van der Waals surface area contributed by atoms with Gasteiger partial charge in [0.05, 0.1) is 6.61 Å². The van der Waals surface area contributed by atoms with Crippen LogP contribution in [0.1, 0.15) is 71.4 Å². The lowest BCUT2D eigenvalue weighted by Crippen LogP contribution is -2.24. The fraction of sp³-hybridized carbons (Fsp3) is 0.684. The van der Waals surface area contributed by atoms with Crippen molar-refractivity contribution in [1.82, 2.24) is 5.32 Å². The van der Waals surface area contributed by atoms with E-state index in [1.54, 1.807) is 0 Å². The summed E-state index contributed by atoms with van der Waals surface area (Å²) >= 11 is 0. The lowest BCUT2D eigenvalue weighted by atomic mass is 9.93. The number of ether oxygens (including phenoxy) is 1. The van der Waals surface area contributed by atoms with E-state index in [2.05, 4.69) is 57.3 Å². The number of benzene rings is 1. The summed E-state index contributed by atoms with van der Waals surface area (Å²) in [6, 6.07) is 9.06. The zero-order valence-electron chi connectivity index (χ0n) is 14.3. The number of hydrogen-bond donors (Lipinski definition) is 1. The highest BCUT2D eigenvalue weighted by Crippen LogP contribution is 2.26. The highest BCUT2D eigenvalue weighted by Gasteiger charge is 2.15. The first-order chi connectivity index (χ1) is 10.2. The first kappa shape index (κ1) is 18.0. The van der Waals surface area contributed by atoms with E-state index >= 15 is 0 Å². The molecule has 2 atom stereocenters. The van der Waals surface area contributed by atoms with E-state index in [1.807, 2.05) is 0 Å². The Hall–Kier alpha value is -1.02. The number of hydrogen-bond acceptors (Lipinski definition) is 2. The van der Waals surface area contributed by atoms with Crippen LogP contribution in [-0.4, -0.2) is 13.2 Å². The molecule has 2 nitrogen and oxygen atoms in total. The zero-order chi connectivity index (χ0) is 15.5. The van der Waals surface area contributed by atoms with Gasteiger partial charge in [-0.05, 0) is 49.4 Å². The van der Waals surface area contributed by atoms with E-state index in [0.29, 0.717) is 6.04 Å². The molecule has 0 aliphatic heterocycles. The first-order valence-electron chi connectivity index (χ1n) is 8.67. The molecule has 0 aromatic heterocycles. The van der Waals surface area contributed by atoms with Crippen molar-refractivity contribution in [3.63, 3.8) is 0 Å². The average molecular weight is 291 g/mol. The Morgan fingerprint density at radius 2 is 1.90 bits per heavy atom. The molecule has 1 N–H and O–H groups in total. The maximum Gasteiger partial charge on any atom is 0.119 e. The SMILES string of the molecule is CCCNC(CC(C)CCC)c1cccc(OCCC)c1. The largest absolute Gasteiger partial charge is 0.494 e. The van der Waals surface area contributed by atoms with Crippen molar-refractivity contribution < 1.29 is 4.74 Å².